The van der Waals surface area contributed by atoms with Crippen molar-refractivity contribution in [1.82, 2.24) is 69.1 Å². The fourth-order valence-electron chi connectivity index (χ4n) is 12.7. The molecule has 0 saturated heterocycles. The van der Waals surface area contributed by atoms with Gasteiger partial charge in [-0.3, -0.25) is 91.1 Å². The highest BCUT2D eigenvalue weighted by molar-refractivity contribution is 6.02. The number of aromatic hydroxyl groups is 1. The number of hydrogen-bond acceptors (Lipinski definition) is 24. The molecule has 698 valence electrons. The van der Waals surface area contributed by atoms with Crippen LogP contribution in [0.2, 0.25) is 0 Å². The molecule has 44 nitrogen and oxygen atoms in total. The van der Waals surface area contributed by atoms with Gasteiger partial charge in [-0.1, -0.05) is 137 Å². The predicted octanol–water partition coefficient (Wildman–Crippen LogP) is -3.99. The lowest BCUT2D eigenvalue weighted by atomic mass is 9.96. The van der Waals surface area contributed by atoms with Crippen molar-refractivity contribution in [3.8, 4) is 5.75 Å². The first-order valence-electron chi connectivity index (χ1n) is 41.0. The number of carboxylic acids is 6. The van der Waals surface area contributed by atoms with E-state index in [1.807, 2.05) is 5.32 Å². The molecule has 0 aromatic heterocycles. The minimum Gasteiger partial charge on any atom is -0.508 e. The second-order valence-corrected chi connectivity index (χ2v) is 30.8. The van der Waals surface area contributed by atoms with Gasteiger partial charge in [0.2, 0.25) is 82.7 Å². The highest BCUT2D eigenvalue weighted by Crippen LogP contribution is 2.18. The highest BCUT2D eigenvalue weighted by Gasteiger charge is 2.41. The molecule has 4 aromatic rings. The Morgan fingerprint density at radius 3 is 0.930 bits per heavy atom. The number of benzene rings is 4. The fourth-order valence-corrected chi connectivity index (χ4v) is 12.7. The standard InChI is InChI=1S/C84H114N16O28/c1-6-44(4)70(100-80(123)58(95-81(124)68(87)45(5)101)39-49-25-27-50(102)28-26-49)83(126)97-56(37-47-20-12-8-13-21-47)75(118)92-57(38-48-22-14-9-15-23-48)79(122)99-69(43(2)3)82(125)96-55(36-46-18-10-7-11-19-46)76(119)94-59(40-65(108)109)77(120)91-52(29-32-62(86)103)72(115)88-51(24-16-17-35-85)71(114)89-53(30-33-63(104)105)73(116)90-54(31-34-64(106)107)74(117)93-60(41-66(110)111)78(121)98-61(84(127)128)42-67(112)113/h7-15,18-23,25-28,43-45,51-61,68-70,101-102H,6,16-17,24,29-42,85,87H2,1-5H3,(H2,86,103)(H,88,115)(H,89,114)(H,90,116)(H,91,120)(H,92,118)(H,93,117)(H,94,119)(H,95,124)(H,96,125)(H,97,126)(H,98,121)(H,99,122)(H,100,123)(H,104,105)(H,106,107)(H,108,109)(H,110,111)(H,112,113)(H,127,128)/t44-,45+,51-,52-,53-,54-,55-,56-,57-,58-,59-,60-,61-,68-,69-,70-/m0/s1. The van der Waals surface area contributed by atoms with Gasteiger partial charge >= 0.3 is 35.8 Å². The Kier molecular flexibility index (Phi) is 44.8. The Morgan fingerprint density at radius 2 is 0.602 bits per heavy atom. The SMILES string of the molecule is CC[C@H](C)[C@H](NC(=O)[C@H](Cc1ccc(O)cc1)NC(=O)[C@@H](N)[C@@H](C)O)C(=O)N[C@@H](Cc1ccccc1)C(=O)N[C@@H](Cc1ccccc1)C(=O)N[C@H](C(=O)N[C@@H](Cc1ccccc1)C(=O)N[C@@H](CC(=O)O)C(=O)N[C@@H](CCC(N)=O)C(=O)N[C@@H](CCCCN)C(=O)N[C@@H](CCC(=O)O)C(=O)N[C@@H](CCC(=O)O)C(=O)N[C@@H](CC(=O)O)C(=O)N[C@@H](CC(=O)O)C(=O)O)C(C)C. The molecule has 0 spiro atoms. The summed E-state index contributed by atoms with van der Waals surface area (Å²) < 4.78 is 0. The Labute approximate surface area is 734 Å². The van der Waals surface area contributed by atoms with Crippen LogP contribution in [0.3, 0.4) is 0 Å². The summed E-state index contributed by atoms with van der Waals surface area (Å²) in [6.07, 6.45) is -11.1. The van der Waals surface area contributed by atoms with E-state index in [4.69, 9.17) is 22.3 Å². The van der Waals surface area contributed by atoms with Crippen LogP contribution in [0, 0.1) is 11.8 Å². The van der Waals surface area contributed by atoms with E-state index in [0.29, 0.717) is 22.3 Å². The monoisotopic (exact) mass is 1790 g/mol. The van der Waals surface area contributed by atoms with Gasteiger partial charge in [0, 0.05) is 44.9 Å². The van der Waals surface area contributed by atoms with Crippen LogP contribution < -0.4 is 86.3 Å². The number of aliphatic hydroxyl groups is 1. The molecule has 14 amide bonds. The number of hydrogen-bond donors (Lipinski definition) is 24. The van der Waals surface area contributed by atoms with Gasteiger partial charge in [0.1, 0.15) is 90.3 Å². The number of nitrogens with one attached hydrogen (secondary N) is 13. The number of unbranched alkanes of at least 4 members (excludes halogenated alkanes) is 1. The number of carbonyl (C=O) groups excluding carboxylic acids is 14. The molecule has 0 unspecified atom stereocenters. The zero-order valence-electron chi connectivity index (χ0n) is 71.0. The number of aliphatic hydroxyl groups excluding tert-OH is 1. The summed E-state index contributed by atoms with van der Waals surface area (Å²) in [6.45, 7) is 7.67. The van der Waals surface area contributed by atoms with Crippen LogP contribution in [-0.4, -0.2) is 257 Å². The minimum absolute atomic E-state index is 0.00974. The molecule has 0 aliphatic carbocycles. The van der Waals surface area contributed by atoms with E-state index in [2.05, 4.69) is 58.5 Å². The molecule has 0 saturated carbocycles. The Balaban J connectivity index is 1.70. The average molecular weight is 1800 g/mol. The third kappa shape index (κ3) is 38.2. The number of carboxylic acid groups (broad SMARTS) is 6. The summed E-state index contributed by atoms with van der Waals surface area (Å²) in [6, 6.07) is 4.92. The van der Waals surface area contributed by atoms with Crippen LogP contribution in [0.5, 0.6) is 5.75 Å². The van der Waals surface area contributed by atoms with Crippen molar-refractivity contribution >= 4 is 119 Å². The lowest BCUT2D eigenvalue weighted by molar-refractivity contribution is -0.148. The smallest absolute Gasteiger partial charge is 0.326 e. The van der Waals surface area contributed by atoms with Crippen LogP contribution in [0.1, 0.15) is 140 Å². The average Bonchev–Trinajstić information content (AvgIpc) is 0.844. The molecule has 4 rings (SSSR count). The van der Waals surface area contributed by atoms with Gasteiger partial charge in [-0.05, 0) is 98.2 Å². The van der Waals surface area contributed by atoms with E-state index in [9.17, 15) is 122 Å². The number of phenols is 1. The van der Waals surface area contributed by atoms with Crippen molar-refractivity contribution < 1.29 is 137 Å². The lowest BCUT2D eigenvalue weighted by Gasteiger charge is -2.30. The number of phenolic OH excluding ortho intramolecular Hbond substituents is 1. The number of aliphatic carboxylic acids is 6. The normalized spacial score (nSPS) is 14.8. The topological polar surface area (TPSA) is 738 Å². The second kappa shape index (κ2) is 54.0. The van der Waals surface area contributed by atoms with Crippen LogP contribution in [0.4, 0.5) is 0 Å². The lowest BCUT2D eigenvalue weighted by Crippen LogP contribution is -2.62. The molecule has 0 radical (unpaired) electrons. The second-order valence-electron chi connectivity index (χ2n) is 30.8. The molecule has 128 heavy (non-hydrogen) atoms. The summed E-state index contributed by atoms with van der Waals surface area (Å²) in [5.74, 6) is -28.4. The quantitative estimate of drug-likeness (QED) is 0.0187. The van der Waals surface area contributed by atoms with Crippen molar-refractivity contribution in [3.63, 3.8) is 0 Å². The molecule has 16 atom stereocenters. The van der Waals surface area contributed by atoms with E-state index in [1.54, 1.807) is 110 Å². The zero-order valence-corrected chi connectivity index (χ0v) is 71.0. The first kappa shape index (κ1) is 106. The number of amides is 14. The Bertz CT molecular complexity index is 4510. The summed E-state index contributed by atoms with van der Waals surface area (Å²) in [4.78, 5) is 271. The molecule has 44 heteroatoms. The largest absolute Gasteiger partial charge is 0.508 e. The first-order valence-corrected chi connectivity index (χ1v) is 41.0. The molecule has 0 aliphatic rings. The maximum atomic E-state index is 15.1. The number of rotatable bonds is 58. The summed E-state index contributed by atoms with van der Waals surface area (Å²) in [5.41, 5.74) is 19.0. The van der Waals surface area contributed by atoms with Gasteiger partial charge in [0.25, 0.3) is 0 Å². The van der Waals surface area contributed by atoms with Crippen molar-refractivity contribution in [2.45, 2.75) is 234 Å². The van der Waals surface area contributed by atoms with Crippen molar-refractivity contribution in [3.05, 3.63) is 138 Å². The van der Waals surface area contributed by atoms with Gasteiger partial charge < -0.3 is 127 Å². The number of carbonyl (C=O) groups is 20. The molecular formula is C84H114N16O28. The van der Waals surface area contributed by atoms with Gasteiger partial charge in [-0.2, -0.15) is 0 Å². The summed E-state index contributed by atoms with van der Waals surface area (Å²) in [5, 5.41) is 109. The molecule has 0 fully saturated rings. The van der Waals surface area contributed by atoms with Crippen molar-refractivity contribution in [2.75, 3.05) is 6.54 Å². The molecule has 0 heterocycles. The van der Waals surface area contributed by atoms with Crippen LogP contribution in [-0.2, 0) is 122 Å². The third-order valence-electron chi connectivity index (χ3n) is 20.1. The molecule has 27 N–H and O–H groups in total. The molecule has 0 bridgehead atoms. The minimum atomic E-state index is -2.23. The fraction of sp³-hybridized carbons (Fsp3) is 0.476. The van der Waals surface area contributed by atoms with Crippen LogP contribution in [0.25, 0.3) is 0 Å². The maximum absolute atomic E-state index is 15.1. The van der Waals surface area contributed by atoms with Crippen LogP contribution >= 0.6 is 0 Å². The van der Waals surface area contributed by atoms with E-state index < -0.39 is 285 Å². The number of nitrogens with two attached hydrogens (primary N) is 3. The first-order chi connectivity index (χ1) is 60.4. The van der Waals surface area contributed by atoms with Gasteiger partial charge in [0.05, 0.1) is 25.4 Å². The van der Waals surface area contributed by atoms with Gasteiger partial charge in [-0.25, -0.2) is 4.79 Å². The van der Waals surface area contributed by atoms with Crippen molar-refractivity contribution in [2.24, 2.45) is 29.0 Å². The Hall–Kier alpha value is -14.0. The Morgan fingerprint density at radius 1 is 0.320 bits per heavy atom. The highest BCUT2D eigenvalue weighted by atomic mass is 16.4. The third-order valence-corrected chi connectivity index (χ3v) is 20.1. The maximum Gasteiger partial charge on any atom is 0.326 e. The predicted molar refractivity (Wildman–Crippen MR) is 451 cm³/mol. The van der Waals surface area contributed by atoms with E-state index in [-0.39, 0.29) is 57.2 Å². The zero-order chi connectivity index (χ0) is 95.6. The van der Waals surface area contributed by atoms with Gasteiger partial charge in [-0.15, -0.1) is 0 Å². The van der Waals surface area contributed by atoms with E-state index >= 15 is 9.59 Å². The van der Waals surface area contributed by atoms with E-state index in [1.165, 1.54) is 45.0 Å². The molecule has 4 aromatic carbocycles. The molecular weight excluding hydrogens is 1680 g/mol. The van der Waals surface area contributed by atoms with Gasteiger partial charge in [0.15, 0.2) is 0 Å². The summed E-state index contributed by atoms with van der Waals surface area (Å²) >= 11 is 0. The summed E-state index contributed by atoms with van der Waals surface area (Å²) in [7, 11) is 0. The van der Waals surface area contributed by atoms with Crippen LogP contribution in [0.15, 0.2) is 115 Å². The van der Waals surface area contributed by atoms with Crippen molar-refractivity contribution in [1.29, 1.82) is 0 Å². The molecule has 0 aliphatic heterocycles. The van der Waals surface area contributed by atoms with E-state index in [0.717, 1.165) is 0 Å². The number of primary amides is 1.